The summed E-state index contributed by atoms with van der Waals surface area (Å²) in [5.74, 6) is 1.02. The highest BCUT2D eigenvalue weighted by Crippen LogP contribution is 2.19. The number of carbonyl (C=O) groups is 1. The topological polar surface area (TPSA) is 32.3 Å². The maximum atomic E-state index is 12.1. The Balaban J connectivity index is 1.80. The van der Waals surface area contributed by atoms with Gasteiger partial charge >= 0.3 is 0 Å². The van der Waals surface area contributed by atoms with E-state index in [-0.39, 0.29) is 0 Å². The van der Waals surface area contributed by atoms with Gasteiger partial charge in [0.25, 0.3) is 0 Å². The molecule has 0 radical (unpaired) electrons. The molecule has 3 nitrogen and oxygen atoms in total. The molecule has 3 heteroatoms. The molecule has 0 aliphatic carbocycles. The van der Waals surface area contributed by atoms with Crippen molar-refractivity contribution in [3.63, 3.8) is 0 Å². The summed E-state index contributed by atoms with van der Waals surface area (Å²) in [4.78, 5) is 14.2. The lowest BCUT2D eigenvalue weighted by Crippen LogP contribution is -2.45. The first-order chi connectivity index (χ1) is 7.77. The highest BCUT2D eigenvalue weighted by Gasteiger charge is 2.25. The Kier molecular flexibility index (Phi) is 4.22. The van der Waals surface area contributed by atoms with Gasteiger partial charge in [-0.05, 0) is 44.6 Å². The van der Waals surface area contributed by atoms with Gasteiger partial charge in [-0.2, -0.15) is 0 Å². The summed E-state index contributed by atoms with van der Waals surface area (Å²) < 4.78 is 0. The Morgan fingerprint density at radius 2 is 2.00 bits per heavy atom. The second-order valence-corrected chi connectivity index (χ2v) is 5.33. The fourth-order valence-corrected chi connectivity index (χ4v) is 2.85. The molecule has 2 saturated heterocycles. The third kappa shape index (κ3) is 2.97. The van der Waals surface area contributed by atoms with Gasteiger partial charge in [0.15, 0.2) is 0 Å². The number of hydrogen-bond acceptors (Lipinski definition) is 2. The number of nitrogens with zero attached hydrogens (tertiary/aromatic N) is 1. The smallest absolute Gasteiger partial charge is 0.224 e. The number of amides is 1. The van der Waals surface area contributed by atoms with E-state index in [0.717, 1.165) is 19.6 Å². The van der Waals surface area contributed by atoms with Gasteiger partial charge in [-0.1, -0.05) is 6.92 Å². The predicted molar refractivity (Wildman–Crippen MR) is 65.2 cm³/mol. The lowest BCUT2D eigenvalue weighted by Gasteiger charge is -2.33. The van der Waals surface area contributed by atoms with Crippen molar-refractivity contribution in [1.29, 1.82) is 0 Å². The molecule has 2 aliphatic rings. The number of hydrogen-bond donors (Lipinski definition) is 1. The fourth-order valence-electron chi connectivity index (χ4n) is 2.85. The first-order valence-corrected chi connectivity index (χ1v) is 6.78. The van der Waals surface area contributed by atoms with Crippen molar-refractivity contribution >= 4 is 5.91 Å². The minimum atomic E-state index is 0.367. The summed E-state index contributed by atoms with van der Waals surface area (Å²) in [6.45, 7) is 5.32. The van der Waals surface area contributed by atoms with Crippen LogP contribution >= 0.6 is 0 Å². The maximum Gasteiger partial charge on any atom is 0.224 e. The Morgan fingerprint density at radius 1 is 1.25 bits per heavy atom. The molecule has 2 atom stereocenters. The van der Waals surface area contributed by atoms with Crippen LogP contribution in [-0.4, -0.2) is 36.5 Å². The fraction of sp³-hybridized carbons (Fsp3) is 0.923. The predicted octanol–water partition coefficient (Wildman–Crippen LogP) is 1.78. The highest BCUT2D eigenvalue weighted by molar-refractivity contribution is 5.77. The zero-order valence-corrected chi connectivity index (χ0v) is 10.4. The van der Waals surface area contributed by atoms with E-state index >= 15 is 0 Å². The van der Waals surface area contributed by atoms with Crippen molar-refractivity contribution in [2.45, 2.75) is 51.5 Å². The van der Waals surface area contributed by atoms with Crippen LogP contribution in [0.3, 0.4) is 0 Å². The number of nitrogens with one attached hydrogen (secondary N) is 1. The van der Waals surface area contributed by atoms with Crippen LogP contribution in [0.4, 0.5) is 0 Å². The average Bonchev–Trinajstić information content (AvgIpc) is 2.33. The molecule has 0 aromatic rings. The van der Waals surface area contributed by atoms with Crippen molar-refractivity contribution in [3.05, 3.63) is 0 Å². The van der Waals surface area contributed by atoms with Crippen molar-refractivity contribution < 1.29 is 4.79 Å². The van der Waals surface area contributed by atoms with E-state index < -0.39 is 0 Å². The minimum absolute atomic E-state index is 0.367. The van der Waals surface area contributed by atoms with E-state index in [1.807, 2.05) is 0 Å². The lowest BCUT2D eigenvalue weighted by molar-refractivity contribution is -0.133. The number of rotatable bonds is 2. The Bertz CT molecular complexity index is 236. The molecule has 2 rings (SSSR count). The second-order valence-electron chi connectivity index (χ2n) is 5.33. The van der Waals surface area contributed by atoms with E-state index in [2.05, 4.69) is 17.1 Å². The molecule has 16 heavy (non-hydrogen) atoms. The molecule has 0 saturated carbocycles. The summed E-state index contributed by atoms with van der Waals surface area (Å²) in [6.07, 6.45) is 6.92. The van der Waals surface area contributed by atoms with Gasteiger partial charge in [-0.15, -0.1) is 0 Å². The van der Waals surface area contributed by atoms with Gasteiger partial charge in [-0.3, -0.25) is 4.79 Å². The Hall–Kier alpha value is -0.570. The van der Waals surface area contributed by atoms with Crippen molar-refractivity contribution in [2.75, 3.05) is 19.6 Å². The minimum Gasteiger partial charge on any atom is -0.343 e. The van der Waals surface area contributed by atoms with Crippen molar-refractivity contribution in [1.82, 2.24) is 10.2 Å². The first-order valence-electron chi connectivity index (χ1n) is 6.78. The van der Waals surface area contributed by atoms with Crippen LogP contribution < -0.4 is 5.32 Å². The first kappa shape index (κ1) is 11.9. The van der Waals surface area contributed by atoms with Crippen LogP contribution in [0.2, 0.25) is 0 Å². The number of piperidine rings is 2. The average molecular weight is 224 g/mol. The molecular formula is C13H24N2O. The van der Waals surface area contributed by atoms with E-state index in [1.54, 1.807) is 0 Å². The van der Waals surface area contributed by atoms with Gasteiger partial charge in [0.1, 0.15) is 0 Å². The lowest BCUT2D eigenvalue weighted by atomic mass is 9.90. The van der Waals surface area contributed by atoms with E-state index in [4.69, 9.17) is 0 Å². The van der Waals surface area contributed by atoms with Crippen LogP contribution in [0.25, 0.3) is 0 Å². The van der Waals surface area contributed by atoms with Gasteiger partial charge in [0, 0.05) is 25.6 Å². The summed E-state index contributed by atoms with van der Waals surface area (Å²) in [5, 5.41) is 3.49. The van der Waals surface area contributed by atoms with E-state index in [1.165, 1.54) is 32.1 Å². The molecule has 0 bridgehead atoms. The summed E-state index contributed by atoms with van der Waals surface area (Å²) in [6, 6.07) is 0.420. The Labute approximate surface area is 98.6 Å². The van der Waals surface area contributed by atoms with Gasteiger partial charge in [0.05, 0.1) is 0 Å². The largest absolute Gasteiger partial charge is 0.343 e. The second kappa shape index (κ2) is 5.67. The van der Waals surface area contributed by atoms with Gasteiger partial charge in [-0.25, -0.2) is 0 Å². The molecule has 2 aliphatic heterocycles. The number of carbonyl (C=O) groups excluding carboxylic acids is 1. The summed E-state index contributed by atoms with van der Waals surface area (Å²) in [5.41, 5.74) is 0. The molecule has 0 aromatic carbocycles. The van der Waals surface area contributed by atoms with Crippen LogP contribution in [-0.2, 0) is 4.79 Å². The quantitative estimate of drug-likeness (QED) is 0.775. The monoisotopic (exact) mass is 224 g/mol. The zero-order chi connectivity index (χ0) is 11.4. The molecular weight excluding hydrogens is 200 g/mol. The maximum absolute atomic E-state index is 12.1. The van der Waals surface area contributed by atoms with Crippen molar-refractivity contribution in [2.24, 2.45) is 5.92 Å². The Morgan fingerprint density at radius 3 is 2.69 bits per heavy atom. The molecule has 2 fully saturated rings. The molecule has 92 valence electrons. The molecule has 2 unspecified atom stereocenters. The molecule has 2 heterocycles. The third-order valence-corrected chi connectivity index (χ3v) is 4.03. The molecule has 0 aromatic heterocycles. The molecule has 1 amide bonds. The van der Waals surface area contributed by atoms with Crippen LogP contribution in [0.5, 0.6) is 0 Å². The van der Waals surface area contributed by atoms with Crippen LogP contribution in [0, 0.1) is 5.92 Å². The summed E-state index contributed by atoms with van der Waals surface area (Å²) in [7, 11) is 0. The van der Waals surface area contributed by atoms with Gasteiger partial charge in [0.2, 0.25) is 5.91 Å². The SMILES string of the molecule is CC1CCCNC1CC(=O)N1CCCCC1. The van der Waals surface area contributed by atoms with E-state index in [9.17, 15) is 4.79 Å². The van der Waals surface area contributed by atoms with Crippen LogP contribution in [0.1, 0.15) is 45.4 Å². The standard InChI is InChI=1S/C13H24N2O/c1-11-6-5-7-14-12(11)10-13(16)15-8-3-2-4-9-15/h11-12,14H,2-10H2,1H3. The molecule has 0 spiro atoms. The molecule has 1 N–H and O–H groups in total. The van der Waals surface area contributed by atoms with Gasteiger partial charge < -0.3 is 10.2 Å². The summed E-state index contributed by atoms with van der Waals surface area (Å²) >= 11 is 0. The third-order valence-electron chi connectivity index (χ3n) is 4.03. The number of likely N-dealkylation sites (tertiary alicyclic amines) is 1. The van der Waals surface area contributed by atoms with Crippen molar-refractivity contribution in [3.8, 4) is 0 Å². The normalized spacial score (nSPS) is 31.4. The zero-order valence-electron chi connectivity index (χ0n) is 10.4. The highest BCUT2D eigenvalue weighted by atomic mass is 16.2. The van der Waals surface area contributed by atoms with Crippen LogP contribution in [0.15, 0.2) is 0 Å². The van der Waals surface area contributed by atoms with E-state index in [0.29, 0.717) is 24.3 Å².